The molecule has 2 atom stereocenters. The van der Waals surface area contributed by atoms with Gasteiger partial charge in [0.05, 0.1) is 6.20 Å². The van der Waals surface area contributed by atoms with Gasteiger partial charge in [-0.1, -0.05) is 10.3 Å². The number of nitrogen functional groups attached to an aromatic ring is 1. The molecular weight excluding hydrogens is 510 g/mol. The Labute approximate surface area is 211 Å². The predicted octanol–water partition coefficient (Wildman–Crippen LogP) is -0.765. The zero-order valence-corrected chi connectivity index (χ0v) is 20.4. The van der Waals surface area contributed by atoms with Crippen molar-refractivity contribution in [1.82, 2.24) is 29.2 Å². The van der Waals surface area contributed by atoms with E-state index in [1.54, 1.807) is 36.1 Å². The predicted molar refractivity (Wildman–Crippen MR) is 128 cm³/mol. The molecule has 0 saturated carbocycles. The van der Waals surface area contributed by atoms with E-state index in [0.717, 1.165) is 17.2 Å². The number of carbonyl (C=O) groups excluding carboxylic acids is 2. The molecule has 2 aliphatic rings. The summed E-state index contributed by atoms with van der Waals surface area (Å²) in [5.74, 6) is -2.14. The average molecular weight is 531 g/mol. The normalized spacial score (nSPS) is 19.8. The van der Waals surface area contributed by atoms with Crippen LogP contribution < -0.4 is 15.6 Å². The van der Waals surface area contributed by atoms with Crippen molar-refractivity contribution < 1.29 is 28.9 Å². The van der Waals surface area contributed by atoms with Crippen LogP contribution in [-0.2, 0) is 25.8 Å². The third kappa shape index (κ3) is 4.13. The van der Waals surface area contributed by atoms with E-state index in [1.165, 1.54) is 16.7 Å². The minimum Gasteiger partial charge on any atom is -0.477 e. The van der Waals surface area contributed by atoms with Crippen molar-refractivity contribution in [1.29, 1.82) is 0 Å². The Morgan fingerprint density at radius 1 is 1.44 bits per heavy atom. The standard InChI is InChI=1S/C20H19N9O5S2/c1-2-34-25-12(15-24-20(21)36-26-15)16(30)23-13-17(31)29-14(19(32)33)10(9-35-18(13)29)8-27-6-7-28-11(27)4-3-5-22-28/h3-7,13,18H,2,8-9H2,1H3,(H3-,21,23,24,26,30,32,33)/p+1/b25-12-/t13-,18-/m1/s1. The molecule has 5 heterocycles. The zero-order chi connectivity index (χ0) is 25.4. The monoisotopic (exact) mass is 530 g/mol. The Morgan fingerprint density at radius 2 is 2.28 bits per heavy atom. The van der Waals surface area contributed by atoms with E-state index in [9.17, 15) is 19.5 Å². The first-order valence-corrected chi connectivity index (χ1v) is 12.5. The van der Waals surface area contributed by atoms with Gasteiger partial charge in [0.2, 0.25) is 11.5 Å². The zero-order valence-electron chi connectivity index (χ0n) is 18.8. The highest BCUT2D eigenvalue weighted by Crippen LogP contribution is 2.40. The van der Waals surface area contributed by atoms with Crippen molar-refractivity contribution in [3.63, 3.8) is 0 Å². The summed E-state index contributed by atoms with van der Waals surface area (Å²) in [5.41, 5.74) is 6.66. The molecular formula is C20H20N9O5S2+. The van der Waals surface area contributed by atoms with Crippen LogP contribution in [0, 0.1) is 0 Å². The number of thioether (sulfide) groups is 1. The number of rotatable bonds is 8. The number of aliphatic carboxylic acids is 1. The number of carbonyl (C=O) groups is 3. The third-order valence-electron chi connectivity index (χ3n) is 5.49. The summed E-state index contributed by atoms with van der Waals surface area (Å²) in [4.78, 5) is 48.4. The summed E-state index contributed by atoms with van der Waals surface area (Å²) in [6, 6.07) is 2.70. The quantitative estimate of drug-likeness (QED) is 0.145. The third-order valence-corrected chi connectivity index (χ3v) is 7.37. The number of β-lactam (4-membered cyclic amide) rings is 1. The first-order chi connectivity index (χ1) is 17.4. The molecule has 0 unspecified atom stereocenters. The molecule has 16 heteroatoms. The van der Waals surface area contributed by atoms with Gasteiger partial charge < -0.3 is 21.0 Å². The molecule has 3 aromatic heterocycles. The van der Waals surface area contributed by atoms with Gasteiger partial charge in [0, 0.05) is 28.9 Å². The van der Waals surface area contributed by atoms with Crippen molar-refractivity contribution in [3.8, 4) is 0 Å². The van der Waals surface area contributed by atoms with Crippen LogP contribution in [0.2, 0.25) is 0 Å². The molecule has 2 aliphatic heterocycles. The van der Waals surface area contributed by atoms with E-state index in [4.69, 9.17) is 10.6 Å². The number of nitrogens with zero attached hydrogens (tertiary/aromatic N) is 7. The molecule has 1 fully saturated rings. The maximum absolute atomic E-state index is 13.0. The molecule has 0 spiro atoms. The lowest BCUT2D eigenvalue weighted by molar-refractivity contribution is -0.662. The van der Waals surface area contributed by atoms with Crippen molar-refractivity contribution in [2.45, 2.75) is 24.9 Å². The molecule has 5 rings (SSSR count). The summed E-state index contributed by atoms with van der Waals surface area (Å²) in [7, 11) is 0. The lowest BCUT2D eigenvalue weighted by atomic mass is 10.0. The van der Waals surface area contributed by atoms with E-state index < -0.39 is 29.2 Å². The average Bonchev–Trinajstić information content (AvgIpc) is 3.48. The molecule has 14 nitrogen and oxygen atoms in total. The van der Waals surface area contributed by atoms with Gasteiger partial charge in [-0.15, -0.1) is 16.3 Å². The van der Waals surface area contributed by atoms with E-state index in [0.29, 0.717) is 11.3 Å². The van der Waals surface area contributed by atoms with Crippen molar-refractivity contribution in [3.05, 3.63) is 47.8 Å². The fraction of sp³-hybridized carbons (Fsp3) is 0.300. The number of fused-ring (bicyclic) bond motifs is 2. The molecule has 0 aromatic carbocycles. The molecule has 186 valence electrons. The maximum atomic E-state index is 13.0. The number of hydrogen-bond acceptors (Lipinski definition) is 11. The van der Waals surface area contributed by atoms with Gasteiger partial charge in [-0.25, -0.2) is 9.36 Å². The summed E-state index contributed by atoms with van der Waals surface area (Å²) in [5, 5.41) is 20.1. The molecule has 0 bridgehead atoms. The van der Waals surface area contributed by atoms with E-state index >= 15 is 0 Å². The van der Waals surface area contributed by atoms with Crippen molar-refractivity contribution in [2.75, 3.05) is 18.1 Å². The summed E-state index contributed by atoms with van der Waals surface area (Å²) in [6.07, 6.45) is 5.21. The molecule has 2 amide bonds. The Hall–Kier alpha value is -4.05. The Kier molecular flexibility index (Phi) is 6.27. The number of aromatic nitrogens is 5. The van der Waals surface area contributed by atoms with Crippen LogP contribution in [0.1, 0.15) is 12.7 Å². The Balaban J connectivity index is 1.37. The molecule has 4 N–H and O–H groups in total. The number of hydrogen-bond donors (Lipinski definition) is 3. The molecule has 36 heavy (non-hydrogen) atoms. The fourth-order valence-corrected chi connectivity index (χ4v) is 5.71. The van der Waals surface area contributed by atoms with Gasteiger partial charge in [0.25, 0.3) is 11.8 Å². The number of carboxylic acids is 1. The minimum atomic E-state index is -1.21. The second-order valence-electron chi connectivity index (χ2n) is 7.68. The summed E-state index contributed by atoms with van der Waals surface area (Å²) in [6.45, 7) is 2.16. The highest BCUT2D eigenvalue weighted by atomic mass is 32.2. The highest BCUT2D eigenvalue weighted by Gasteiger charge is 2.54. The second-order valence-corrected chi connectivity index (χ2v) is 9.57. The first-order valence-electron chi connectivity index (χ1n) is 10.7. The van der Waals surface area contributed by atoms with Crippen LogP contribution >= 0.6 is 23.3 Å². The van der Waals surface area contributed by atoms with Gasteiger partial charge in [-0.05, 0) is 13.0 Å². The van der Waals surface area contributed by atoms with Gasteiger partial charge in [0.15, 0.2) is 11.3 Å². The molecule has 3 aromatic rings. The van der Waals surface area contributed by atoms with E-state index in [2.05, 4.69) is 24.9 Å². The minimum absolute atomic E-state index is 0.0249. The van der Waals surface area contributed by atoms with Crippen LogP contribution in [0.15, 0.2) is 47.1 Å². The summed E-state index contributed by atoms with van der Waals surface area (Å²) >= 11 is 2.25. The number of nitrogens with two attached hydrogens (primary N) is 1. The first kappa shape index (κ1) is 23.7. The fourth-order valence-electron chi connectivity index (χ4n) is 3.94. The van der Waals surface area contributed by atoms with Crippen LogP contribution in [0.25, 0.3) is 5.65 Å². The maximum Gasteiger partial charge on any atom is 0.352 e. The van der Waals surface area contributed by atoms with Gasteiger partial charge in [-0.3, -0.25) is 14.5 Å². The number of imidazole rings is 1. The topological polar surface area (TPSA) is 181 Å². The highest BCUT2D eigenvalue weighted by molar-refractivity contribution is 8.00. The Morgan fingerprint density at radius 3 is 3.00 bits per heavy atom. The van der Waals surface area contributed by atoms with E-state index in [1.807, 2.05) is 10.6 Å². The van der Waals surface area contributed by atoms with Crippen LogP contribution in [0.4, 0.5) is 5.13 Å². The van der Waals surface area contributed by atoms with Gasteiger partial charge in [0.1, 0.15) is 36.5 Å². The number of amides is 2. The van der Waals surface area contributed by atoms with Gasteiger partial charge >= 0.3 is 11.6 Å². The van der Waals surface area contributed by atoms with Crippen molar-refractivity contribution >= 4 is 57.6 Å². The smallest absolute Gasteiger partial charge is 0.352 e. The number of oxime groups is 1. The number of anilines is 1. The summed E-state index contributed by atoms with van der Waals surface area (Å²) < 4.78 is 7.52. The second kappa shape index (κ2) is 9.54. The van der Waals surface area contributed by atoms with Crippen LogP contribution in [0.3, 0.4) is 0 Å². The lowest BCUT2D eigenvalue weighted by Crippen LogP contribution is -2.71. The number of nitrogens with one attached hydrogen (secondary N) is 1. The van der Waals surface area contributed by atoms with Crippen LogP contribution in [0.5, 0.6) is 0 Å². The van der Waals surface area contributed by atoms with E-state index in [-0.39, 0.29) is 35.5 Å². The number of carboxylic acid groups (broad SMARTS) is 1. The van der Waals surface area contributed by atoms with Crippen molar-refractivity contribution in [2.24, 2.45) is 5.16 Å². The van der Waals surface area contributed by atoms with Crippen LogP contribution in [-0.4, -0.2) is 76.2 Å². The Bertz CT molecular complexity index is 1430. The lowest BCUT2D eigenvalue weighted by Gasteiger charge is -2.49. The molecule has 0 aliphatic carbocycles. The SMILES string of the molecule is CCO/N=C(\C(=O)N[C@@H]1C(=O)N2C(C(=O)O)=C(C[n+]3ccn4ncccc43)CS[C@H]12)c1nsc(N)n1. The largest absolute Gasteiger partial charge is 0.477 e. The molecule has 0 radical (unpaired) electrons. The molecule has 1 saturated heterocycles. The van der Waals surface area contributed by atoms with Gasteiger partial charge in [-0.2, -0.15) is 9.36 Å².